The average Bonchev–Trinajstić information content (AvgIpc) is 3.09. The smallest absolute Gasteiger partial charge is 0.244 e. The third-order valence-corrected chi connectivity index (χ3v) is 4.09. The van der Waals surface area contributed by atoms with Gasteiger partial charge in [-0.15, -0.1) is 0 Å². The Morgan fingerprint density at radius 2 is 1.92 bits per heavy atom. The minimum atomic E-state index is -0.143. The summed E-state index contributed by atoms with van der Waals surface area (Å²) in [5.74, 6) is 1.23. The van der Waals surface area contributed by atoms with Crippen LogP contribution in [0.3, 0.4) is 0 Å². The number of ether oxygens (including phenoxy) is 2. The van der Waals surface area contributed by atoms with E-state index in [0.717, 1.165) is 22.1 Å². The van der Waals surface area contributed by atoms with Gasteiger partial charge < -0.3 is 19.2 Å². The molecule has 2 aromatic carbocycles. The number of hydrogen-bond donors (Lipinski definition) is 1. The van der Waals surface area contributed by atoms with Crippen molar-refractivity contribution in [1.29, 1.82) is 0 Å². The predicted molar refractivity (Wildman–Crippen MR) is 102 cm³/mol. The topological polar surface area (TPSA) is 60.7 Å². The van der Waals surface area contributed by atoms with E-state index in [2.05, 4.69) is 5.32 Å². The highest BCUT2D eigenvalue weighted by molar-refractivity contribution is 5.95. The van der Waals surface area contributed by atoms with Gasteiger partial charge >= 0.3 is 0 Å². The third-order valence-electron chi connectivity index (χ3n) is 4.09. The van der Waals surface area contributed by atoms with Crippen molar-refractivity contribution in [2.24, 2.45) is 0 Å². The number of para-hydroxylation sites is 1. The van der Waals surface area contributed by atoms with Crippen LogP contribution in [0.15, 0.2) is 59.2 Å². The first-order valence-corrected chi connectivity index (χ1v) is 8.34. The van der Waals surface area contributed by atoms with Crippen LogP contribution in [0.25, 0.3) is 17.0 Å². The summed E-state index contributed by atoms with van der Waals surface area (Å²) < 4.78 is 16.0. The number of methoxy groups -OCH3 is 2. The molecule has 0 aliphatic carbocycles. The minimum Gasteiger partial charge on any atom is -0.493 e. The first kappa shape index (κ1) is 17.6. The van der Waals surface area contributed by atoms with Gasteiger partial charge in [-0.25, -0.2) is 0 Å². The van der Waals surface area contributed by atoms with E-state index >= 15 is 0 Å². The second-order valence-corrected chi connectivity index (χ2v) is 5.75. The van der Waals surface area contributed by atoms with Crippen molar-refractivity contribution in [1.82, 2.24) is 5.32 Å². The van der Waals surface area contributed by atoms with Gasteiger partial charge in [-0.05, 0) is 36.3 Å². The second kappa shape index (κ2) is 8.25. The highest BCUT2D eigenvalue weighted by Crippen LogP contribution is 2.27. The average molecular weight is 351 g/mol. The van der Waals surface area contributed by atoms with Crippen LogP contribution in [0.1, 0.15) is 11.1 Å². The Morgan fingerprint density at radius 3 is 2.73 bits per heavy atom. The summed E-state index contributed by atoms with van der Waals surface area (Å²) in [7, 11) is 3.21. The predicted octanol–water partition coefficient (Wildman–Crippen LogP) is 3.82. The summed E-state index contributed by atoms with van der Waals surface area (Å²) >= 11 is 0. The second-order valence-electron chi connectivity index (χ2n) is 5.75. The van der Waals surface area contributed by atoms with E-state index in [-0.39, 0.29) is 5.91 Å². The zero-order valence-corrected chi connectivity index (χ0v) is 14.8. The van der Waals surface area contributed by atoms with Crippen LogP contribution in [0.4, 0.5) is 0 Å². The van der Waals surface area contributed by atoms with E-state index < -0.39 is 0 Å². The van der Waals surface area contributed by atoms with Gasteiger partial charge in [0.25, 0.3) is 0 Å². The Hall–Kier alpha value is -3.21. The van der Waals surface area contributed by atoms with Crippen LogP contribution in [0.5, 0.6) is 11.5 Å². The lowest BCUT2D eigenvalue weighted by atomic mass is 10.1. The van der Waals surface area contributed by atoms with Crippen molar-refractivity contribution in [3.05, 3.63) is 65.9 Å². The molecule has 0 spiro atoms. The molecule has 0 aliphatic heterocycles. The monoisotopic (exact) mass is 351 g/mol. The van der Waals surface area contributed by atoms with Gasteiger partial charge in [0.1, 0.15) is 5.58 Å². The van der Waals surface area contributed by atoms with Gasteiger partial charge in [0.2, 0.25) is 5.91 Å². The first-order valence-electron chi connectivity index (χ1n) is 8.34. The Kier molecular flexibility index (Phi) is 5.59. The summed E-state index contributed by atoms with van der Waals surface area (Å²) in [5, 5.41) is 3.87. The van der Waals surface area contributed by atoms with Gasteiger partial charge in [-0.3, -0.25) is 4.79 Å². The molecule has 0 atom stereocenters. The molecule has 1 N–H and O–H groups in total. The lowest BCUT2D eigenvalue weighted by molar-refractivity contribution is -0.116. The molecule has 0 bridgehead atoms. The number of fused-ring (bicyclic) bond motifs is 1. The molecule has 5 heteroatoms. The van der Waals surface area contributed by atoms with Crippen LogP contribution >= 0.6 is 0 Å². The van der Waals surface area contributed by atoms with E-state index in [1.54, 1.807) is 26.6 Å². The van der Waals surface area contributed by atoms with E-state index in [1.807, 2.05) is 42.5 Å². The zero-order valence-electron chi connectivity index (χ0n) is 14.8. The number of hydrogen-bond acceptors (Lipinski definition) is 4. The fraction of sp³-hybridized carbons (Fsp3) is 0.190. The van der Waals surface area contributed by atoms with Crippen LogP contribution in [-0.4, -0.2) is 26.7 Å². The van der Waals surface area contributed by atoms with Crippen molar-refractivity contribution >= 4 is 23.0 Å². The summed E-state index contributed by atoms with van der Waals surface area (Å²) in [4.78, 5) is 12.0. The Bertz CT molecular complexity index is 927. The molecule has 0 unspecified atom stereocenters. The summed E-state index contributed by atoms with van der Waals surface area (Å²) in [6, 6.07) is 13.5. The molecule has 1 amide bonds. The van der Waals surface area contributed by atoms with Crippen molar-refractivity contribution < 1.29 is 18.7 Å². The maximum absolute atomic E-state index is 12.0. The lowest BCUT2D eigenvalue weighted by Crippen LogP contribution is -2.23. The van der Waals surface area contributed by atoms with Crippen LogP contribution in [-0.2, 0) is 11.2 Å². The molecule has 134 valence electrons. The van der Waals surface area contributed by atoms with Crippen LogP contribution < -0.4 is 14.8 Å². The normalized spacial score (nSPS) is 11.0. The quantitative estimate of drug-likeness (QED) is 0.657. The van der Waals surface area contributed by atoms with Crippen LogP contribution in [0, 0.1) is 0 Å². The Balaban J connectivity index is 1.54. The first-order chi connectivity index (χ1) is 12.7. The summed E-state index contributed by atoms with van der Waals surface area (Å²) in [6.45, 7) is 0.533. The van der Waals surface area contributed by atoms with Gasteiger partial charge in [0, 0.05) is 23.6 Å². The number of carbonyl (C=O) groups is 1. The number of furan rings is 1. The van der Waals surface area contributed by atoms with Crippen LogP contribution in [0.2, 0.25) is 0 Å². The Labute approximate surface area is 152 Å². The fourth-order valence-corrected chi connectivity index (χ4v) is 2.72. The molecular formula is C21H21NO4. The number of carbonyl (C=O) groups excluding carboxylic acids is 1. The standard InChI is InChI=1S/C21H21NO4/c1-24-19-9-7-15(13-20(19)25-2)11-12-22-21(23)10-8-16-14-26-18-6-4-3-5-17(16)18/h3-10,13-14H,11-12H2,1-2H3,(H,22,23)/b10-8+. The van der Waals surface area contributed by atoms with E-state index in [4.69, 9.17) is 13.9 Å². The number of nitrogens with one attached hydrogen (secondary N) is 1. The molecular weight excluding hydrogens is 330 g/mol. The zero-order chi connectivity index (χ0) is 18.4. The molecule has 26 heavy (non-hydrogen) atoms. The number of benzene rings is 2. The Morgan fingerprint density at radius 1 is 1.12 bits per heavy atom. The molecule has 0 saturated carbocycles. The van der Waals surface area contributed by atoms with Crippen molar-refractivity contribution in [2.45, 2.75) is 6.42 Å². The highest BCUT2D eigenvalue weighted by atomic mass is 16.5. The largest absolute Gasteiger partial charge is 0.493 e. The lowest BCUT2D eigenvalue weighted by Gasteiger charge is -2.09. The third kappa shape index (κ3) is 4.06. The van der Waals surface area contributed by atoms with E-state index in [1.165, 1.54) is 6.08 Å². The summed E-state index contributed by atoms with van der Waals surface area (Å²) in [5.41, 5.74) is 2.75. The summed E-state index contributed by atoms with van der Waals surface area (Å²) in [6.07, 6.45) is 5.64. The van der Waals surface area contributed by atoms with Gasteiger partial charge in [-0.2, -0.15) is 0 Å². The van der Waals surface area contributed by atoms with Crippen molar-refractivity contribution in [3.8, 4) is 11.5 Å². The maximum Gasteiger partial charge on any atom is 0.244 e. The minimum absolute atomic E-state index is 0.143. The molecule has 0 radical (unpaired) electrons. The molecule has 5 nitrogen and oxygen atoms in total. The van der Waals surface area contributed by atoms with Gasteiger partial charge in [0.15, 0.2) is 11.5 Å². The van der Waals surface area contributed by atoms with Gasteiger partial charge in [-0.1, -0.05) is 24.3 Å². The molecule has 3 rings (SSSR count). The van der Waals surface area contributed by atoms with E-state index in [9.17, 15) is 4.79 Å². The molecule has 3 aromatic rings. The number of amides is 1. The highest BCUT2D eigenvalue weighted by Gasteiger charge is 2.05. The molecule has 1 heterocycles. The molecule has 0 saturated heterocycles. The number of rotatable bonds is 7. The molecule has 0 aliphatic rings. The molecule has 1 aromatic heterocycles. The maximum atomic E-state index is 12.0. The molecule has 0 fully saturated rings. The fourth-order valence-electron chi connectivity index (χ4n) is 2.72. The van der Waals surface area contributed by atoms with Crippen molar-refractivity contribution in [3.63, 3.8) is 0 Å². The van der Waals surface area contributed by atoms with Crippen molar-refractivity contribution in [2.75, 3.05) is 20.8 Å². The SMILES string of the molecule is COc1ccc(CCNC(=O)/C=C/c2coc3ccccc23)cc1OC. The van der Waals surface area contributed by atoms with E-state index in [0.29, 0.717) is 24.5 Å². The van der Waals surface area contributed by atoms with Gasteiger partial charge in [0.05, 0.1) is 20.5 Å².